The van der Waals surface area contributed by atoms with Gasteiger partial charge in [0.05, 0.1) is 12.6 Å². The molecule has 5 N–H and O–H groups in total. The lowest BCUT2D eigenvalue weighted by atomic mass is 9.92. The maximum atomic E-state index is 12.6. The van der Waals surface area contributed by atoms with Gasteiger partial charge in [-0.05, 0) is 42.5 Å². The molecule has 1 atom stereocenters. The smallest absolute Gasteiger partial charge is 0.241 e. The van der Waals surface area contributed by atoms with Crippen molar-refractivity contribution in [2.24, 2.45) is 17.4 Å². The number of primary amides is 1. The molecule has 0 spiro atoms. The van der Waals surface area contributed by atoms with Crippen molar-refractivity contribution < 1.29 is 14.3 Å². The Kier molecular flexibility index (Phi) is 7.21. The highest BCUT2D eigenvalue weighted by Crippen LogP contribution is 2.23. The summed E-state index contributed by atoms with van der Waals surface area (Å²) < 4.78 is 5.34. The molecular weight excluding hydrogens is 368 g/mol. The summed E-state index contributed by atoms with van der Waals surface area (Å²) in [6.45, 7) is 1.89. The zero-order chi connectivity index (χ0) is 20.6. The monoisotopic (exact) mass is 396 g/mol. The zero-order valence-electron chi connectivity index (χ0n) is 16.4. The van der Waals surface area contributed by atoms with Crippen molar-refractivity contribution in [1.29, 1.82) is 0 Å². The van der Waals surface area contributed by atoms with Gasteiger partial charge in [-0.1, -0.05) is 36.4 Å². The Bertz CT molecular complexity index is 822. The van der Waals surface area contributed by atoms with Crippen molar-refractivity contribution in [2.75, 3.05) is 30.0 Å². The third-order valence-electron chi connectivity index (χ3n) is 5.12. The van der Waals surface area contributed by atoms with Gasteiger partial charge in [0.1, 0.15) is 0 Å². The average molecular weight is 396 g/mol. The molecule has 0 bridgehead atoms. The number of nitrogens with one attached hydrogen (secondary N) is 1. The second-order valence-corrected chi connectivity index (χ2v) is 7.32. The summed E-state index contributed by atoms with van der Waals surface area (Å²) in [6.07, 6.45) is 1.58. The molecule has 0 aromatic heterocycles. The zero-order valence-corrected chi connectivity index (χ0v) is 16.4. The van der Waals surface area contributed by atoms with Gasteiger partial charge in [0.2, 0.25) is 11.8 Å². The van der Waals surface area contributed by atoms with Crippen LogP contribution in [-0.2, 0) is 20.9 Å². The van der Waals surface area contributed by atoms with Crippen molar-refractivity contribution in [3.8, 4) is 0 Å². The first-order valence-electron chi connectivity index (χ1n) is 9.84. The molecule has 29 heavy (non-hydrogen) atoms. The first kappa shape index (κ1) is 20.8. The molecule has 1 aliphatic heterocycles. The van der Waals surface area contributed by atoms with Crippen LogP contribution in [0.3, 0.4) is 0 Å². The van der Waals surface area contributed by atoms with Crippen molar-refractivity contribution in [3.05, 3.63) is 60.2 Å². The minimum atomic E-state index is -0.575. The quantitative estimate of drug-likeness (QED) is 0.631. The molecule has 2 aromatic carbocycles. The molecule has 154 valence electrons. The van der Waals surface area contributed by atoms with Gasteiger partial charge >= 0.3 is 0 Å². The van der Waals surface area contributed by atoms with E-state index in [0.717, 1.165) is 24.1 Å². The minimum Gasteiger partial charge on any atom is -0.381 e. The summed E-state index contributed by atoms with van der Waals surface area (Å²) >= 11 is 0. The minimum absolute atomic E-state index is 0.0773. The standard InChI is InChI=1S/C22H28N4O3/c23-20(27)15-26(14-16-5-2-1-3-6-16)19-8-4-7-18(13-19)25-22(28)21(24)17-9-11-29-12-10-17/h1-8,13,17,21H,9-12,14-15,24H2,(H2,23,27)(H,25,28). The fourth-order valence-electron chi connectivity index (χ4n) is 3.53. The second kappa shape index (κ2) is 10.0. The van der Waals surface area contributed by atoms with Crippen LogP contribution in [0.2, 0.25) is 0 Å². The normalized spacial score (nSPS) is 15.5. The van der Waals surface area contributed by atoms with E-state index >= 15 is 0 Å². The SMILES string of the molecule is NC(=O)CN(Cc1ccccc1)c1cccc(NC(=O)C(N)C2CCOCC2)c1. The van der Waals surface area contributed by atoms with Crippen LogP contribution in [0.1, 0.15) is 18.4 Å². The number of hydrogen-bond acceptors (Lipinski definition) is 5. The van der Waals surface area contributed by atoms with Gasteiger partial charge < -0.3 is 26.4 Å². The van der Waals surface area contributed by atoms with E-state index in [9.17, 15) is 9.59 Å². The van der Waals surface area contributed by atoms with Gasteiger partial charge in [-0.25, -0.2) is 0 Å². The molecule has 0 aliphatic carbocycles. The molecule has 3 rings (SSSR count). The number of amides is 2. The lowest BCUT2D eigenvalue weighted by Crippen LogP contribution is -2.44. The van der Waals surface area contributed by atoms with Crippen LogP contribution in [0, 0.1) is 5.92 Å². The number of hydrogen-bond donors (Lipinski definition) is 3. The fraction of sp³-hybridized carbons (Fsp3) is 0.364. The van der Waals surface area contributed by atoms with Crippen LogP contribution in [0.4, 0.5) is 11.4 Å². The summed E-state index contributed by atoms with van der Waals surface area (Å²) in [5.74, 6) is -0.508. The number of anilines is 2. The Balaban J connectivity index is 1.71. The highest BCUT2D eigenvalue weighted by Gasteiger charge is 2.26. The van der Waals surface area contributed by atoms with Gasteiger partial charge in [-0.2, -0.15) is 0 Å². The highest BCUT2D eigenvalue weighted by atomic mass is 16.5. The summed E-state index contributed by atoms with van der Waals surface area (Å²) in [7, 11) is 0. The van der Waals surface area contributed by atoms with E-state index in [1.807, 2.05) is 59.5 Å². The van der Waals surface area contributed by atoms with E-state index in [1.54, 1.807) is 0 Å². The summed E-state index contributed by atoms with van der Waals surface area (Å²) in [6, 6.07) is 16.6. The Labute approximate surface area is 171 Å². The Morgan fingerprint density at radius 1 is 1.10 bits per heavy atom. The second-order valence-electron chi connectivity index (χ2n) is 7.32. The van der Waals surface area contributed by atoms with Crippen molar-refractivity contribution in [2.45, 2.75) is 25.4 Å². The predicted octanol–water partition coefficient (Wildman–Crippen LogP) is 1.87. The molecule has 1 saturated heterocycles. The number of carbonyl (C=O) groups excluding carboxylic acids is 2. The third kappa shape index (κ3) is 6.04. The van der Waals surface area contributed by atoms with Gasteiger partial charge in [0.25, 0.3) is 0 Å². The number of nitrogens with two attached hydrogens (primary N) is 2. The van der Waals surface area contributed by atoms with Gasteiger partial charge in [-0.3, -0.25) is 9.59 Å². The molecule has 1 heterocycles. The maximum Gasteiger partial charge on any atom is 0.241 e. The lowest BCUT2D eigenvalue weighted by molar-refractivity contribution is -0.119. The molecule has 1 aliphatic rings. The van der Waals surface area contributed by atoms with Gasteiger partial charge in [0.15, 0.2) is 0 Å². The van der Waals surface area contributed by atoms with E-state index < -0.39 is 11.9 Å². The highest BCUT2D eigenvalue weighted by molar-refractivity contribution is 5.95. The number of ether oxygens (including phenoxy) is 1. The van der Waals surface area contributed by atoms with Crippen LogP contribution in [0.5, 0.6) is 0 Å². The first-order valence-corrected chi connectivity index (χ1v) is 9.84. The van der Waals surface area contributed by atoms with E-state index in [-0.39, 0.29) is 18.4 Å². The predicted molar refractivity (Wildman–Crippen MR) is 113 cm³/mol. The number of nitrogens with zero attached hydrogens (tertiary/aromatic N) is 1. The molecule has 2 aromatic rings. The largest absolute Gasteiger partial charge is 0.381 e. The van der Waals surface area contributed by atoms with Crippen molar-refractivity contribution in [1.82, 2.24) is 0 Å². The number of rotatable bonds is 8. The van der Waals surface area contributed by atoms with Crippen LogP contribution in [0.15, 0.2) is 54.6 Å². The fourth-order valence-corrected chi connectivity index (χ4v) is 3.53. The van der Waals surface area contributed by atoms with E-state index in [2.05, 4.69) is 5.32 Å². The maximum absolute atomic E-state index is 12.6. The van der Waals surface area contributed by atoms with Crippen LogP contribution < -0.4 is 21.7 Å². The third-order valence-corrected chi connectivity index (χ3v) is 5.12. The van der Waals surface area contributed by atoms with E-state index in [4.69, 9.17) is 16.2 Å². The van der Waals surface area contributed by atoms with Crippen LogP contribution in [0.25, 0.3) is 0 Å². The van der Waals surface area contributed by atoms with Gasteiger partial charge in [0, 0.05) is 31.1 Å². The summed E-state index contributed by atoms with van der Waals surface area (Å²) in [5, 5.41) is 2.90. The summed E-state index contributed by atoms with van der Waals surface area (Å²) in [5.41, 5.74) is 14.1. The van der Waals surface area contributed by atoms with Gasteiger partial charge in [-0.15, -0.1) is 0 Å². The van der Waals surface area contributed by atoms with Crippen molar-refractivity contribution >= 4 is 23.2 Å². The van der Waals surface area contributed by atoms with E-state index in [1.165, 1.54) is 0 Å². The molecule has 7 nitrogen and oxygen atoms in total. The molecule has 1 unspecified atom stereocenters. The summed E-state index contributed by atoms with van der Waals surface area (Å²) in [4.78, 5) is 26.1. The van der Waals surface area contributed by atoms with E-state index in [0.29, 0.717) is 25.4 Å². The Morgan fingerprint density at radius 2 is 1.83 bits per heavy atom. The molecule has 7 heteroatoms. The molecule has 2 amide bonds. The average Bonchev–Trinajstić information content (AvgIpc) is 2.74. The molecule has 1 fully saturated rings. The Morgan fingerprint density at radius 3 is 2.52 bits per heavy atom. The lowest BCUT2D eigenvalue weighted by Gasteiger charge is -2.27. The number of carbonyl (C=O) groups is 2. The van der Waals surface area contributed by atoms with Crippen LogP contribution >= 0.6 is 0 Å². The molecule has 0 radical (unpaired) electrons. The van der Waals surface area contributed by atoms with Crippen molar-refractivity contribution in [3.63, 3.8) is 0 Å². The molecular formula is C22H28N4O3. The first-order chi connectivity index (χ1) is 14.0. The Hall–Kier alpha value is -2.90. The number of benzene rings is 2. The van der Waals surface area contributed by atoms with Crippen LogP contribution in [-0.4, -0.2) is 37.6 Å². The topological polar surface area (TPSA) is 111 Å². The molecule has 0 saturated carbocycles.